The molecule has 0 saturated carbocycles. The van der Waals surface area contributed by atoms with E-state index in [-0.39, 0.29) is 28.8 Å². The van der Waals surface area contributed by atoms with E-state index < -0.39 is 29.2 Å². The number of carboxylic acids is 1. The monoisotopic (exact) mass is 426 g/mol. The van der Waals surface area contributed by atoms with Gasteiger partial charge in [0.2, 0.25) is 0 Å². The van der Waals surface area contributed by atoms with Gasteiger partial charge in [-0.1, -0.05) is 5.16 Å². The van der Waals surface area contributed by atoms with Gasteiger partial charge >= 0.3 is 5.97 Å². The fraction of sp³-hybridized carbons (Fsp3) is 0.400. The number of thiazole rings is 1. The highest BCUT2D eigenvalue weighted by Crippen LogP contribution is 2.37. The number of aromatic nitrogens is 1. The van der Waals surface area contributed by atoms with Gasteiger partial charge in [0, 0.05) is 11.1 Å². The molecule has 0 radical (unpaired) electrons. The molecule has 1 aromatic heterocycles. The number of nitrogens with zero attached hydrogens (tertiary/aromatic N) is 3. The van der Waals surface area contributed by atoms with Gasteiger partial charge in [-0.15, -0.1) is 23.1 Å². The maximum atomic E-state index is 12.7. The molecular weight excluding hydrogens is 408 g/mol. The molecule has 2 atom stereocenters. The second-order valence-corrected chi connectivity index (χ2v) is 7.80. The van der Waals surface area contributed by atoms with Crippen LogP contribution in [0.25, 0.3) is 0 Å². The highest BCUT2D eigenvalue weighted by Gasteiger charge is 2.53. The Kier molecular flexibility index (Phi) is 6.16. The Morgan fingerprint density at radius 3 is 2.93 bits per heavy atom. The van der Waals surface area contributed by atoms with E-state index in [2.05, 4.69) is 15.5 Å². The Balaban J connectivity index is 1.73. The Morgan fingerprint density at radius 1 is 1.50 bits per heavy atom. The van der Waals surface area contributed by atoms with Crippen molar-refractivity contribution in [2.24, 2.45) is 10.9 Å². The fourth-order valence-corrected chi connectivity index (χ4v) is 4.35. The molecule has 3 rings (SSSR count). The molecule has 0 bridgehead atoms. The number of rotatable bonds is 8. The number of anilines is 1. The number of nitrogens with one attached hydrogen (secondary N) is 1. The summed E-state index contributed by atoms with van der Waals surface area (Å²) in [5, 5.41) is 16.9. The molecule has 11 nitrogen and oxygen atoms in total. The number of amides is 2. The van der Waals surface area contributed by atoms with Gasteiger partial charge in [0.1, 0.15) is 29.4 Å². The number of aliphatic carboxylic acids is 1. The summed E-state index contributed by atoms with van der Waals surface area (Å²) in [7, 11) is 0. The molecule has 1 unspecified atom stereocenters. The summed E-state index contributed by atoms with van der Waals surface area (Å²) in [5.41, 5.74) is 11.0. The summed E-state index contributed by atoms with van der Waals surface area (Å²) in [4.78, 5) is 46.7. The second-order valence-electron chi connectivity index (χ2n) is 5.76. The lowest BCUT2D eigenvalue weighted by atomic mass is 10.0. The minimum absolute atomic E-state index is 0.0782. The molecule has 1 saturated heterocycles. The van der Waals surface area contributed by atoms with Gasteiger partial charge in [-0.2, -0.15) is 0 Å². The molecular formula is C15H18N6O5S2. The first kappa shape index (κ1) is 20.1. The van der Waals surface area contributed by atoms with Crippen LogP contribution in [0.15, 0.2) is 22.3 Å². The summed E-state index contributed by atoms with van der Waals surface area (Å²) in [6.07, 6.45) is 2.02. The maximum Gasteiger partial charge on any atom is 0.352 e. The number of carbonyl (C=O) groups excluding carboxylic acids is 2. The van der Waals surface area contributed by atoms with Crippen LogP contribution >= 0.6 is 23.1 Å². The zero-order valence-corrected chi connectivity index (χ0v) is 16.2. The molecule has 150 valence electrons. The van der Waals surface area contributed by atoms with E-state index in [1.807, 2.05) is 0 Å². The predicted octanol–water partition coefficient (Wildman–Crippen LogP) is -0.837. The third-order valence-electron chi connectivity index (χ3n) is 3.93. The number of carboxylic acid groups (broad SMARTS) is 1. The first-order valence-corrected chi connectivity index (χ1v) is 10.2. The number of hydrogen-bond donors (Lipinski definition) is 4. The van der Waals surface area contributed by atoms with Crippen molar-refractivity contribution >= 4 is 51.7 Å². The van der Waals surface area contributed by atoms with Gasteiger partial charge in [0.25, 0.3) is 11.8 Å². The van der Waals surface area contributed by atoms with E-state index in [1.54, 1.807) is 5.38 Å². The van der Waals surface area contributed by atoms with E-state index in [0.29, 0.717) is 18.7 Å². The SMILES string of the molecule is NCCCO/N=C(\C(=O)NC1C(=O)N2C(C(=O)O)=CCS[C@H]12)c1csc(N)n1. The highest BCUT2D eigenvalue weighted by molar-refractivity contribution is 8.00. The van der Waals surface area contributed by atoms with Crippen molar-refractivity contribution < 1.29 is 24.3 Å². The topological polar surface area (TPSA) is 173 Å². The van der Waals surface area contributed by atoms with Crippen molar-refractivity contribution in [3.63, 3.8) is 0 Å². The van der Waals surface area contributed by atoms with Crippen LogP contribution in [0.1, 0.15) is 12.1 Å². The van der Waals surface area contributed by atoms with Crippen LogP contribution < -0.4 is 16.8 Å². The first-order chi connectivity index (χ1) is 13.4. The van der Waals surface area contributed by atoms with Gasteiger partial charge in [-0.25, -0.2) is 9.78 Å². The molecule has 3 heterocycles. The zero-order valence-electron chi connectivity index (χ0n) is 14.5. The van der Waals surface area contributed by atoms with Crippen molar-refractivity contribution in [2.45, 2.75) is 17.8 Å². The number of fused-ring (bicyclic) bond motifs is 1. The molecule has 28 heavy (non-hydrogen) atoms. The Morgan fingerprint density at radius 2 is 2.29 bits per heavy atom. The van der Waals surface area contributed by atoms with Gasteiger partial charge in [0.05, 0.1) is 0 Å². The average molecular weight is 426 g/mol. The zero-order chi connectivity index (χ0) is 20.3. The van der Waals surface area contributed by atoms with Crippen LogP contribution in [0.2, 0.25) is 0 Å². The Labute approximate surface area is 167 Å². The molecule has 2 aliphatic rings. The lowest BCUT2D eigenvalue weighted by Gasteiger charge is -2.48. The van der Waals surface area contributed by atoms with Gasteiger partial charge in [-0.05, 0) is 19.0 Å². The average Bonchev–Trinajstić information content (AvgIpc) is 3.10. The molecule has 2 aliphatic heterocycles. The van der Waals surface area contributed by atoms with Crippen molar-refractivity contribution in [1.82, 2.24) is 15.2 Å². The predicted molar refractivity (Wildman–Crippen MR) is 103 cm³/mol. The Hall–Kier alpha value is -2.64. The van der Waals surface area contributed by atoms with Gasteiger partial charge in [-0.3, -0.25) is 14.5 Å². The van der Waals surface area contributed by atoms with Crippen LogP contribution in [-0.4, -0.2) is 68.8 Å². The number of β-lactam (4-membered cyclic amide) rings is 1. The van der Waals surface area contributed by atoms with E-state index in [9.17, 15) is 19.5 Å². The number of oxime groups is 1. The van der Waals surface area contributed by atoms with Crippen LogP contribution in [0.4, 0.5) is 5.13 Å². The smallest absolute Gasteiger partial charge is 0.352 e. The quantitative estimate of drug-likeness (QED) is 0.179. The lowest BCUT2D eigenvalue weighted by Crippen LogP contribution is -2.70. The van der Waals surface area contributed by atoms with E-state index in [0.717, 1.165) is 16.2 Å². The van der Waals surface area contributed by atoms with Crippen LogP contribution in [0.3, 0.4) is 0 Å². The largest absolute Gasteiger partial charge is 0.477 e. The van der Waals surface area contributed by atoms with E-state index >= 15 is 0 Å². The molecule has 13 heteroatoms. The van der Waals surface area contributed by atoms with E-state index in [4.69, 9.17) is 16.3 Å². The third kappa shape index (κ3) is 3.95. The van der Waals surface area contributed by atoms with Crippen molar-refractivity contribution in [3.05, 3.63) is 22.8 Å². The molecule has 1 aromatic rings. The van der Waals surface area contributed by atoms with Gasteiger partial charge < -0.3 is 26.7 Å². The summed E-state index contributed by atoms with van der Waals surface area (Å²) < 4.78 is 0. The molecule has 6 N–H and O–H groups in total. The Bertz CT molecular complexity index is 854. The molecule has 0 aromatic carbocycles. The number of hydrogen-bond acceptors (Lipinski definition) is 10. The summed E-state index contributed by atoms with van der Waals surface area (Å²) in [6.45, 7) is 0.625. The number of nitrogen functional groups attached to an aromatic ring is 1. The lowest BCUT2D eigenvalue weighted by molar-refractivity contribution is -0.150. The van der Waals surface area contributed by atoms with Crippen molar-refractivity contribution in [1.29, 1.82) is 0 Å². The number of carbonyl (C=O) groups is 3. The summed E-state index contributed by atoms with van der Waals surface area (Å²) in [5.74, 6) is -1.92. The first-order valence-electron chi connectivity index (χ1n) is 8.24. The normalized spacial score (nSPS) is 21.5. The van der Waals surface area contributed by atoms with Crippen LogP contribution in [0, 0.1) is 0 Å². The minimum atomic E-state index is -1.18. The second kappa shape index (κ2) is 8.58. The summed E-state index contributed by atoms with van der Waals surface area (Å²) in [6, 6.07) is -0.870. The molecule has 0 spiro atoms. The minimum Gasteiger partial charge on any atom is -0.477 e. The number of thioether (sulfide) groups is 1. The van der Waals surface area contributed by atoms with Crippen LogP contribution in [0.5, 0.6) is 0 Å². The number of nitrogens with two attached hydrogens (primary N) is 2. The van der Waals surface area contributed by atoms with E-state index in [1.165, 1.54) is 17.8 Å². The maximum absolute atomic E-state index is 12.7. The molecule has 1 fully saturated rings. The summed E-state index contributed by atoms with van der Waals surface area (Å²) >= 11 is 2.49. The van der Waals surface area contributed by atoms with Gasteiger partial charge in [0.15, 0.2) is 10.8 Å². The standard InChI is InChI=1S/C15H18N6O5S2/c16-3-1-4-26-20-9(7-6-28-15(17)18-7)11(22)19-10-12(23)21-8(14(24)25)2-5-27-13(10)21/h2,6,10,13H,1,3-5,16H2,(H2,17,18)(H,19,22)(H,24,25)/b20-9-/t10?,13-/m1/s1. The van der Waals surface area contributed by atoms with Crippen molar-refractivity contribution in [2.75, 3.05) is 24.6 Å². The van der Waals surface area contributed by atoms with Crippen LogP contribution in [-0.2, 0) is 19.2 Å². The van der Waals surface area contributed by atoms with Crippen molar-refractivity contribution in [3.8, 4) is 0 Å². The molecule has 2 amide bonds. The highest BCUT2D eigenvalue weighted by atomic mass is 32.2. The fourth-order valence-electron chi connectivity index (χ4n) is 2.61. The third-order valence-corrected chi connectivity index (χ3v) is 5.78. The molecule has 0 aliphatic carbocycles.